The minimum absolute atomic E-state index is 0.310. The van der Waals surface area contributed by atoms with Crippen LogP contribution in [0.3, 0.4) is 0 Å². The molecule has 9 heteroatoms. The van der Waals surface area contributed by atoms with E-state index in [0.29, 0.717) is 35.1 Å². The number of anilines is 1. The van der Waals surface area contributed by atoms with Gasteiger partial charge in [-0.25, -0.2) is 0 Å². The first-order valence-electron chi connectivity index (χ1n) is 12.6. The summed E-state index contributed by atoms with van der Waals surface area (Å²) in [6.45, 7) is 12.0. The fourth-order valence-electron chi connectivity index (χ4n) is 5.22. The topological polar surface area (TPSA) is 83.1 Å². The Labute approximate surface area is 221 Å². The van der Waals surface area contributed by atoms with Crippen LogP contribution >= 0.6 is 0 Å². The molecule has 2 aromatic carbocycles. The van der Waals surface area contributed by atoms with Gasteiger partial charge in [-0.2, -0.15) is 0 Å². The number of nitrogens with one attached hydrogen (secondary N) is 1. The van der Waals surface area contributed by atoms with Gasteiger partial charge < -0.3 is 24.3 Å². The van der Waals surface area contributed by atoms with Crippen LogP contribution in [0.4, 0.5) is 5.69 Å². The van der Waals surface area contributed by atoms with Crippen LogP contribution in [0.25, 0.3) is 0 Å². The third kappa shape index (κ3) is 5.20. The molecule has 1 N–H and O–H groups in total. The van der Waals surface area contributed by atoms with Crippen LogP contribution in [0.1, 0.15) is 11.1 Å². The normalized spacial score (nSPS) is 19.4. The summed E-state index contributed by atoms with van der Waals surface area (Å²) in [5, 5.41) is 5.89. The summed E-state index contributed by atoms with van der Waals surface area (Å²) in [7, 11) is 1.54. The maximum absolute atomic E-state index is 13.1. The Balaban J connectivity index is 1.54. The van der Waals surface area contributed by atoms with Crippen molar-refractivity contribution in [2.45, 2.75) is 57.7 Å². The number of rotatable bonds is 7. The van der Waals surface area contributed by atoms with Crippen LogP contribution in [0, 0.1) is 6.92 Å². The number of allylic oxidation sites excluding steroid dienone is 1. The molecule has 37 heavy (non-hydrogen) atoms. The van der Waals surface area contributed by atoms with Crippen LogP contribution in [0.5, 0.6) is 17.2 Å². The second-order valence-electron chi connectivity index (χ2n) is 11.2. The number of ether oxygens (including phenoxy) is 4. The van der Waals surface area contributed by atoms with Gasteiger partial charge in [-0.3, -0.25) is 9.59 Å². The van der Waals surface area contributed by atoms with Crippen molar-refractivity contribution in [2.75, 3.05) is 26.6 Å². The van der Waals surface area contributed by atoms with Crippen molar-refractivity contribution >= 4 is 43.9 Å². The molecule has 2 heterocycles. The number of carbonyl (C=O) groups excluding carboxylic acids is 2. The van der Waals surface area contributed by atoms with Crippen LogP contribution in [-0.4, -0.2) is 55.3 Å². The Bertz CT molecular complexity index is 1260. The fourth-order valence-corrected chi connectivity index (χ4v) is 15.6. The molecule has 0 spiro atoms. The summed E-state index contributed by atoms with van der Waals surface area (Å²) in [6.07, 6.45) is 0.671. The van der Waals surface area contributed by atoms with E-state index < -0.39 is 28.2 Å². The van der Waals surface area contributed by atoms with Crippen LogP contribution < -0.4 is 29.9 Å². The number of amides is 1. The highest BCUT2D eigenvalue weighted by Gasteiger charge is 2.40. The van der Waals surface area contributed by atoms with E-state index in [1.54, 1.807) is 22.5 Å². The molecule has 4 rings (SSSR count). The standard InChI is InChI=1S/C28H37NO6Si2/c1-17-11-24-25(37(7,8)10-9-36(24,5)6)13-18(17)12-20-14-21(30)27(35-20)28(31)29-26-22(33-3)15-19(32-2)16-23(26)34-4/h11,13-16,27H,9-10,12H2,1-8H3,(H,29,31). The van der Waals surface area contributed by atoms with Gasteiger partial charge in [0, 0.05) is 24.6 Å². The van der Waals surface area contributed by atoms with Gasteiger partial charge in [0.15, 0.2) is 0 Å². The van der Waals surface area contributed by atoms with Gasteiger partial charge in [0.2, 0.25) is 11.9 Å². The fraction of sp³-hybridized carbons (Fsp3) is 0.429. The zero-order valence-corrected chi connectivity index (χ0v) is 25.0. The smallest absolute Gasteiger partial charge is 0.273 e. The number of benzene rings is 2. The number of hydrogen-bond acceptors (Lipinski definition) is 6. The van der Waals surface area contributed by atoms with Crippen LogP contribution in [-0.2, 0) is 20.7 Å². The lowest BCUT2D eigenvalue weighted by Crippen LogP contribution is -2.63. The van der Waals surface area contributed by atoms with Crippen molar-refractivity contribution in [2.24, 2.45) is 0 Å². The molecule has 1 amide bonds. The first kappa shape index (κ1) is 27.0. The van der Waals surface area contributed by atoms with Gasteiger partial charge in [-0.05, 0) is 18.1 Å². The summed E-state index contributed by atoms with van der Waals surface area (Å²) in [5.41, 5.74) is 2.68. The minimum atomic E-state index is -1.51. The van der Waals surface area contributed by atoms with Gasteiger partial charge in [-0.1, -0.05) is 60.8 Å². The third-order valence-electron chi connectivity index (χ3n) is 7.71. The van der Waals surface area contributed by atoms with Gasteiger partial charge in [0.25, 0.3) is 5.91 Å². The molecule has 0 saturated carbocycles. The lowest BCUT2D eigenvalue weighted by Gasteiger charge is -2.40. The van der Waals surface area contributed by atoms with Crippen molar-refractivity contribution < 1.29 is 28.5 Å². The number of ketones is 1. The van der Waals surface area contributed by atoms with Crippen molar-refractivity contribution in [1.29, 1.82) is 0 Å². The van der Waals surface area contributed by atoms with Gasteiger partial charge in [0.1, 0.15) is 28.7 Å². The molecule has 198 valence electrons. The summed E-state index contributed by atoms with van der Waals surface area (Å²) in [4.78, 5) is 25.9. The molecule has 1 unspecified atom stereocenters. The highest BCUT2D eigenvalue weighted by molar-refractivity contribution is 7.03. The molecular weight excluding hydrogens is 502 g/mol. The van der Waals surface area contributed by atoms with Crippen molar-refractivity contribution in [3.05, 3.63) is 47.2 Å². The van der Waals surface area contributed by atoms with E-state index in [-0.39, 0.29) is 5.78 Å². The molecule has 2 aliphatic heterocycles. The molecule has 0 bridgehead atoms. The maximum Gasteiger partial charge on any atom is 0.273 e. The Morgan fingerprint density at radius 1 is 0.946 bits per heavy atom. The van der Waals surface area contributed by atoms with Crippen molar-refractivity contribution in [1.82, 2.24) is 0 Å². The first-order chi connectivity index (χ1) is 17.4. The summed E-state index contributed by atoms with van der Waals surface area (Å²) >= 11 is 0. The minimum Gasteiger partial charge on any atom is -0.496 e. The Morgan fingerprint density at radius 3 is 2.05 bits per heavy atom. The molecule has 0 aromatic heterocycles. The maximum atomic E-state index is 13.1. The Morgan fingerprint density at radius 2 is 1.51 bits per heavy atom. The third-order valence-corrected chi connectivity index (χ3v) is 15.2. The SMILES string of the molecule is COc1cc(OC)c(NC(=O)C2OC(Cc3cc4c(cc3C)[Si](C)(C)CC[Si]4(C)C)=CC2=O)c(OC)c1. The van der Waals surface area contributed by atoms with E-state index in [1.807, 2.05) is 0 Å². The molecule has 2 aromatic rings. The van der Waals surface area contributed by atoms with E-state index in [1.165, 1.54) is 45.1 Å². The van der Waals surface area contributed by atoms with Crippen LogP contribution in [0.15, 0.2) is 36.1 Å². The van der Waals surface area contributed by atoms with E-state index in [9.17, 15) is 9.59 Å². The van der Waals surface area contributed by atoms with Crippen LogP contribution in [0.2, 0.25) is 38.3 Å². The van der Waals surface area contributed by atoms with E-state index in [4.69, 9.17) is 18.9 Å². The zero-order valence-electron chi connectivity index (χ0n) is 23.0. The number of carbonyl (C=O) groups is 2. The average molecular weight is 540 g/mol. The van der Waals surface area contributed by atoms with E-state index in [2.05, 4.69) is 50.6 Å². The lowest BCUT2D eigenvalue weighted by molar-refractivity contribution is -0.132. The summed E-state index contributed by atoms with van der Waals surface area (Å²) < 4.78 is 22.0. The predicted molar refractivity (Wildman–Crippen MR) is 151 cm³/mol. The first-order valence-corrected chi connectivity index (χ1v) is 19.0. The van der Waals surface area contributed by atoms with Gasteiger partial charge >= 0.3 is 0 Å². The molecule has 0 saturated heterocycles. The highest BCUT2D eigenvalue weighted by Crippen LogP contribution is 2.39. The molecule has 7 nitrogen and oxygen atoms in total. The Kier molecular flexibility index (Phi) is 7.31. The second-order valence-corrected chi connectivity index (χ2v) is 20.8. The average Bonchev–Trinajstić information content (AvgIpc) is 3.22. The number of methoxy groups -OCH3 is 3. The largest absolute Gasteiger partial charge is 0.496 e. The van der Waals surface area contributed by atoms with Gasteiger partial charge in [0.05, 0.1) is 37.5 Å². The monoisotopic (exact) mass is 539 g/mol. The van der Waals surface area contributed by atoms with E-state index in [0.717, 1.165) is 5.56 Å². The van der Waals surface area contributed by atoms with Gasteiger partial charge in [-0.15, -0.1) is 0 Å². The van der Waals surface area contributed by atoms with Crippen molar-refractivity contribution in [3.63, 3.8) is 0 Å². The molecule has 0 radical (unpaired) electrons. The molecule has 2 aliphatic rings. The Hall–Kier alpha value is -3.05. The van der Waals surface area contributed by atoms with Crippen molar-refractivity contribution in [3.8, 4) is 17.2 Å². The number of hydrogen-bond donors (Lipinski definition) is 1. The summed E-state index contributed by atoms with van der Waals surface area (Å²) in [6, 6.07) is 10.7. The molecule has 1 atom stereocenters. The summed E-state index contributed by atoms with van der Waals surface area (Å²) in [5.74, 6) is 0.770. The number of aryl methyl sites for hydroxylation is 1. The second kappa shape index (κ2) is 10.0. The lowest BCUT2D eigenvalue weighted by atomic mass is 10.0. The quantitative estimate of drug-likeness (QED) is 0.425. The molecule has 0 fully saturated rings. The number of fused-ring (bicyclic) bond motifs is 1. The van der Waals surface area contributed by atoms with E-state index >= 15 is 0 Å². The highest BCUT2D eigenvalue weighted by atomic mass is 28.3. The molecular formula is C28H37NO6Si2. The zero-order chi connectivity index (χ0) is 27.1. The molecule has 0 aliphatic carbocycles. The predicted octanol–water partition coefficient (Wildman–Crippen LogP) is 3.90.